The third kappa shape index (κ3) is 5.14. The molecule has 156 valence electrons. The Labute approximate surface area is 182 Å². The standard InChI is InChI=1S/C21H20FN3O3S2/c1-14-10-11-25(17-4-2-3-5-18(17)30-14)20(26)13-29-21-24-23-19(28-21)12-27-16-8-6-15(22)7-9-16/h2-9,14H,10-13H2,1H3/t14-/m0/s1. The molecule has 2 aromatic carbocycles. The Morgan fingerprint density at radius 3 is 2.90 bits per heavy atom. The van der Waals surface area contributed by atoms with E-state index < -0.39 is 0 Å². The van der Waals surface area contributed by atoms with Gasteiger partial charge in [0.15, 0.2) is 6.61 Å². The van der Waals surface area contributed by atoms with E-state index in [0.717, 1.165) is 17.0 Å². The minimum absolute atomic E-state index is 0.00413. The van der Waals surface area contributed by atoms with Gasteiger partial charge in [0, 0.05) is 16.7 Å². The average Bonchev–Trinajstić information content (AvgIpc) is 3.13. The highest BCUT2D eigenvalue weighted by molar-refractivity contribution is 8.00. The number of amides is 1. The molecule has 0 radical (unpaired) electrons. The first-order valence-electron chi connectivity index (χ1n) is 9.48. The van der Waals surface area contributed by atoms with Crippen LogP contribution >= 0.6 is 23.5 Å². The number of hydrogen-bond donors (Lipinski definition) is 0. The summed E-state index contributed by atoms with van der Waals surface area (Å²) in [6, 6.07) is 13.7. The Balaban J connectivity index is 1.34. The fourth-order valence-electron chi connectivity index (χ4n) is 2.98. The lowest BCUT2D eigenvalue weighted by molar-refractivity contribution is -0.116. The van der Waals surface area contributed by atoms with Crippen molar-refractivity contribution in [2.45, 2.75) is 35.3 Å². The van der Waals surface area contributed by atoms with Gasteiger partial charge in [0.1, 0.15) is 11.6 Å². The van der Waals surface area contributed by atoms with Crippen molar-refractivity contribution in [3.05, 3.63) is 60.2 Å². The first-order valence-corrected chi connectivity index (χ1v) is 11.3. The van der Waals surface area contributed by atoms with Crippen LogP contribution in [-0.2, 0) is 11.4 Å². The van der Waals surface area contributed by atoms with Crippen molar-refractivity contribution in [1.29, 1.82) is 0 Å². The second-order valence-electron chi connectivity index (χ2n) is 6.72. The summed E-state index contributed by atoms with van der Waals surface area (Å²) in [6.07, 6.45) is 0.932. The Morgan fingerprint density at radius 1 is 1.27 bits per heavy atom. The van der Waals surface area contributed by atoms with Crippen molar-refractivity contribution in [3.63, 3.8) is 0 Å². The number of hydrogen-bond acceptors (Lipinski definition) is 7. The van der Waals surface area contributed by atoms with Gasteiger partial charge in [0.25, 0.3) is 11.1 Å². The van der Waals surface area contributed by atoms with E-state index in [9.17, 15) is 9.18 Å². The largest absolute Gasteiger partial charge is 0.484 e. The van der Waals surface area contributed by atoms with Crippen LogP contribution in [0.25, 0.3) is 0 Å². The van der Waals surface area contributed by atoms with Crippen LogP contribution in [0.5, 0.6) is 5.75 Å². The van der Waals surface area contributed by atoms with Crippen LogP contribution in [0, 0.1) is 5.82 Å². The lowest BCUT2D eigenvalue weighted by Gasteiger charge is -2.22. The number of rotatable bonds is 6. The predicted octanol–water partition coefficient (Wildman–Crippen LogP) is 4.80. The fraction of sp³-hybridized carbons (Fsp3) is 0.286. The predicted molar refractivity (Wildman–Crippen MR) is 114 cm³/mol. The molecule has 0 saturated heterocycles. The highest BCUT2D eigenvalue weighted by Crippen LogP contribution is 2.37. The fourth-order valence-corrected chi connectivity index (χ4v) is 4.75. The zero-order valence-electron chi connectivity index (χ0n) is 16.3. The third-order valence-electron chi connectivity index (χ3n) is 4.49. The van der Waals surface area contributed by atoms with Gasteiger partial charge in [-0.25, -0.2) is 4.39 Å². The Morgan fingerprint density at radius 2 is 2.07 bits per heavy atom. The molecule has 1 amide bonds. The van der Waals surface area contributed by atoms with Crippen molar-refractivity contribution in [2.24, 2.45) is 0 Å². The smallest absolute Gasteiger partial charge is 0.277 e. The molecule has 0 bridgehead atoms. The maximum atomic E-state index is 12.9. The van der Waals surface area contributed by atoms with E-state index in [1.807, 2.05) is 23.1 Å². The molecule has 0 N–H and O–H groups in total. The van der Waals surface area contributed by atoms with E-state index in [1.54, 1.807) is 11.8 Å². The molecule has 9 heteroatoms. The van der Waals surface area contributed by atoms with E-state index in [4.69, 9.17) is 9.15 Å². The summed E-state index contributed by atoms with van der Waals surface area (Å²) in [5, 5.41) is 8.67. The molecule has 0 unspecified atom stereocenters. The molecular weight excluding hydrogens is 425 g/mol. The number of fused-ring (bicyclic) bond motifs is 1. The highest BCUT2D eigenvalue weighted by atomic mass is 32.2. The molecule has 1 aromatic heterocycles. The molecule has 2 heterocycles. The Hall–Kier alpha value is -2.52. The molecule has 30 heavy (non-hydrogen) atoms. The van der Waals surface area contributed by atoms with Crippen molar-refractivity contribution >= 4 is 35.1 Å². The number of benzene rings is 2. The van der Waals surface area contributed by atoms with Gasteiger partial charge in [-0.15, -0.1) is 22.0 Å². The number of halogens is 1. The topological polar surface area (TPSA) is 68.5 Å². The van der Waals surface area contributed by atoms with E-state index in [1.165, 1.54) is 36.0 Å². The van der Waals surface area contributed by atoms with Gasteiger partial charge >= 0.3 is 0 Å². The van der Waals surface area contributed by atoms with E-state index in [0.29, 0.717) is 28.7 Å². The van der Waals surface area contributed by atoms with Gasteiger partial charge in [0.05, 0.1) is 11.4 Å². The molecule has 0 spiro atoms. The molecule has 4 rings (SSSR count). The molecule has 0 saturated carbocycles. The van der Waals surface area contributed by atoms with Gasteiger partial charge in [-0.3, -0.25) is 4.79 Å². The van der Waals surface area contributed by atoms with Crippen LogP contribution in [0.3, 0.4) is 0 Å². The summed E-state index contributed by atoms with van der Waals surface area (Å²) in [7, 11) is 0. The summed E-state index contributed by atoms with van der Waals surface area (Å²) in [5.74, 6) is 0.673. The second kappa shape index (κ2) is 9.53. The molecular formula is C21H20FN3O3S2. The van der Waals surface area contributed by atoms with Gasteiger partial charge in [0.2, 0.25) is 5.91 Å². The normalized spacial score (nSPS) is 16.1. The van der Waals surface area contributed by atoms with Gasteiger partial charge in [-0.1, -0.05) is 30.8 Å². The number of carbonyl (C=O) groups is 1. The highest BCUT2D eigenvalue weighted by Gasteiger charge is 2.24. The number of para-hydroxylation sites is 1. The summed E-state index contributed by atoms with van der Waals surface area (Å²) >= 11 is 3.01. The Bertz CT molecular complexity index is 1010. The minimum atomic E-state index is -0.330. The van der Waals surface area contributed by atoms with E-state index in [2.05, 4.69) is 23.2 Å². The number of ether oxygens (including phenoxy) is 1. The molecule has 0 fully saturated rings. The zero-order chi connectivity index (χ0) is 20.9. The monoisotopic (exact) mass is 445 g/mol. The lowest BCUT2D eigenvalue weighted by Crippen LogP contribution is -2.33. The number of carbonyl (C=O) groups excluding carboxylic acids is 1. The third-order valence-corrected chi connectivity index (χ3v) is 6.53. The SMILES string of the molecule is C[C@H]1CCN(C(=O)CSc2nnc(COc3ccc(F)cc3)o2)c2ccccc2S1. The summed E-state index contributed by atoms with van der Waals surface area (Å²) in [4.78, 5) is 15.9. The first-order chi connectivity index (χ1) is 14.6. The molecule has 0 aliphatic carbocycles. The molecule has 1 aliphatic rings. The van der Waals surface area contributed by atoms with Crippen molar-refractivity contribution < 1.29 is 18.3 Å². The minimum Gasteiger partial charge on any atom is -0.484 e. The van der Waals surface area contributed by atoms with Crippen LogP contribution < -0.4 is 9.64 Å². The number of aromatic nitrogens is 2. The maximum Gasteiger partial charge on any atom is 0.277 e. The van der Waals surface area contributed by atoms with Crippen molar-refractivity contribution in [3.8, 4) is 5.75 Å². The first kappa shape index (κ1) is 20.7. The molecule has 1 atom stereocenters. The summed E-state index contributed by atoms with van der Waals surface area (Å²) < 4.78 is 24.0. The number of anilines is 1. The molecule has 1 aliphatic heterocycles. The maximum absolute atomic E-state index is 12.9. The van der Waals surface area contributed by atoms with Crippen molar-refractivity contribution in [2.75, 3.05) is 17.2 Å². The van der Waals surface area contributed by atoms with Crippen molar-refractivity contribution in [1.82, 2.24) is 10.2 Å². The molecule has 3 aromatic rings. The Kier molecular flexibility index (Phi) is 6.59. The summed E-state index contributed by atoms with van der Waals surface area (Å²) in [5.41, 5.74) is 0.955. The summed E-state index contributed by atoms with van der Waals surface area (Å²) in [6.45, 7) is 2.94. The average molecular weight is 446 g/mol. The quantitative estimate of drug-likeness (QED) is 0.505. The van der Waals surface area contributed by atoms with Crippen LogP contribution in [-0.4, -0.2) is 33.7 Å². The number of thioether (sulfide) groups is 2. The van der Waals surface area contributed by atoms with Crippen LogP contribution in [0.4, 0.5) is 10.1 Å². The van der Waals surface area contributed by atoms with Crippen LogP contribution in [0.15, 0.2) is 63.1 Å². The zero-order valence-corrected chi connectivity index (χ0v) is 17.9. The lowest BCUT2D eigenvalue weighted by atomic mass is 10.2. The molecule has 6 nitrogen and oxygen atoms in total. The number of nitrogens with zero attached hydrogens (tertiary/aromatic N) is 3. The van der Waals surface area contributed by atoms with Gasteiger partial charge in [-0.05, 0) is 42.8 Å². The van der Waals surface area contributed by atoms with Gasteiger partial charge < -0.3 is 14.1 Å². The van der Waals surface area contributed by atoms with E-state index in [-0.39, 0.29) is 24.1 Å². The van der Waals surface area contributed by atoms with Gasteiger partial charge in [-0.2, -0.15) is 0 Å². The second-order valence-corrected chi connectivity index (χ2v) is 9.13. The van der Waals surface area contributed by atoms with E-state index >= 15 is 0 Å². The van der Waals surface area contributed by atoms with Crippen LogP contribution in [0.2, 0.25) is 0 Å². The van der Waals surface area contributed by atoms with Crippen LogP contribution in [0.1, 0.15) is 19.2 Å².